The second-order valence-electron chi connectivity index (χ2n) is 5.95. The molecule has 1 fully saturated rings. The summed E-state index contributed by atoms with van der Waals surface area (Å²) in [5.74, 6) is -0.902. The Balaban J connectivity index is 2.02. The van der Waals surface area contributed by atoms with Crippen molar-refractivity contribution in [1.82, 2.24) is 5.43 Å². The first kappa shape index (κ1) is 20.7. The van der Waals surface area contributed by atoms with E-state index in [0.717, 1.165) is 10.6 Å². The van der Waals surface area contributed by atoms with Gasteiger partial charge in [0.15, 0.2) is 11.5 Å². The normalized spacial score (nSPS) is 15.3. The first-order valence-corrected chi connectivity index (χ1v) is 10.2. The van der Waals surface area contributed by atoms with Crippen LogP contribution in [0.1, 0.15) is 18.1 Å². The molecule has 2 amide bonds. The van der Waals surface area contributed by atoms with Crippen molar-refractivity contribution in [2.75, 3.05) is 11.6 Å². The van der Waals surface area contributed by atoms with Gasteiger partial charge in [-0.15, -0.1) is 0 Å². The van der Waals surface area contributed by atoms with Gasteiger partial charge in [-0.1, -0.05) is 17.7 Å². The molecule has 146 valence electrons. The number of aryl methyl sites for hydroxylation is 1. The number of carbonyl (C=O) groups is 2. The zero-order valence-corrected chi connectivity index (χ0v) is 18.8. The number of nitrogens with zero attached hydrogens (tertiary/aromatic N) is 1. The largest absolute Gasteiger partial charge is 0.503 e. The number of rotatable bonds is 4. The molecule has 0 bridgehead atoms. The summed E-state index contributed by atoms with van der Waals surface area (Å²) in [5, 5.41) is 11.8. The first-order chi connectivity index (χ1) is 13.2. The van der Waals surface area contributed by atoms with E-state index in [1.807, 2.05) is 6.92 Å². The van der Waals surface area contributed by atoms with Crippen LogP contribution in [0, 0.1) is 6.92 Å². The van der Waals surface area contributed by atoms with Gasteiger partial charge in [0.2, 0.25) is 0 Å². The molecule has 0 saturated carbocycles. The van der Waals surface area contributed by atoms with Gasteiger partial charge in [-0.2, -0.15) is 0 Å². The Morgan fingerprint density at radius 3 is 2.61 bits per heavy atom. The topological polar surface area (TPSA) is 78.9 Å². The van der Waals surface area contributed by atoms with E-state index in [-0.39, 0.29) is 17.1 Å². The predicted octanol–water partition coefficient (Wildman–Crippen LogP) is 4.74. The van der Waals surface area contributed by atoms with E-state index in [9.17, 15) is 14.7 Å². The van der Waals surface area contributed by atoms with Crippen LogP contribution in [-0.2, 0) is 9.59 Å². The molecule has 2 aromatic rings. The van der Waals surface area contributed by atoms with Crippen molar-refractivity contribution in [2.45, 2.75) is 13.8 Å². The van der Waals surface area contributed by atoms with Crippen molar-refractivity contribution in [1.29, 1.82) is 0 Å². The molecule has 1 saturated heterocycles. The van der Waals surface area contributed by atoms with Crippen LogP contribution in [-0.4, -0.2) is 23.5 Å². The van der Waals surface area contributed by atoms with Crippen LogP contribution in [0.4, 0.5) is 5.69 Å². The summed E-state index contributed by atoms with van der Waals surface area (Å²) in [6, 6.07) is 6.62. The third kappa shape index (κ3) is 3.76. The molecule has 1 aliphatic rings. The van der Waals surface area contributed by atoms with E-state index in [1.165, 1.54) is 6.08 Å². The molecule has 1 aliphatic heterocycles. The molecule has 0 aromatic heterocycles. The van der Waals surface area contributed by atoms with E-state index < -0.39 is 11.8 Å². The molecule has 2 aromatic carbocycles. The van der Waals surface area contributed by atoms with Gasteiger partial charge in [0, 0.05) is 9.50 Å². The summed E-state index contributed by atoms with van der Waals surface area (Å²) in [6.07, 6.45) is 1.43. The molecular formula is C19H15Br2ClN2O4. The van der Waals surface area contributed by atoms with Crippen LogP contribution in [0.3, 0.4) is 0 Å². The number of anilines is 1. The minimum Gasteiger partial charge on any atom is -0.503 e. The highest BCUT2D eigenvalue weighted by molar-refractivity contribution is 9.13. The summed E-state index contributed by atoms with van der Waals surface area (Å²) < 4.78 is 6.25. The molecule has 3 rings (SSSR count). The quantitative estimate of drug-likeness (QED) is 0.442. The molecule has 9 heteroatoms. The number of phenolic OH excluding ortho intramolecular Hbond substituents is 1. The van der Waals surface area contributed by atoms with Gasteiger partial charge >= 0.3 is 0 Å². The van der Waals surface area contributed by atoms with Gasteiger partial charge in [-0.3, -0.25) is 15.0 Å². The zero-order valence-electron chi connectivity index (χ0n) is 14.8. The SMILES string of the molecule is CCOc1cc(/C=C2/C(=O)NN(c3ccc(C)c(Cl)c3)C2=O)c(Br)c(Br)c1O. The van der Waals surface area contributed by atoms with Crippen LogP contribution in [0.25, 0.3) is 6.08 Å². The number of hydrazine groups is 1. The van der Waals surface area contributed by atoms with Gasteiger partial charge < -0.3 is 9.84 Å². The molecule has 0 atom stereocenters. The minimum atomic E-state index is -0.546. The van der Waals surface area contributed by atoms with Crippen LogP contribution < -0.4 is 15.2 Å². The Kier molecular flexibility index (Phi) is 6.02. The number of halogens is 3. The highest BCUT2D eigenvalue weighted by Crippen LogP contribution is 2.42. The van der Waals surface area contributed by atoms with Crippen molar-refractivity contribution >= 4 is 67.0 Å². The molecule has 6 nitrogen and oxygen atoms in total. The van der Waals surface area contributed by atoms with Crippen LogP contribution >= 0.6 is 43.5 Å². The fraction of sp³-hybridized carbons (Fsp3) is 0.158. The summed E-state index contributed by atoms with van der Waals surface area (Å²) in [6.45, 7) is 3.98. The number of hydrogen-bond acceptors (Lipinski definition) is 4. The number of carbonyl (C=O) groups excluding carboxylic acids is 2. The Morgan fingerprint density at radius 2 is 1.96 bits per heavy atom. The lowest BCUT2D eigenvalue weighted by molar-refractivity contribution is -0.117. The molecule has 0 aliphatic carbocycles. The van der Waals surface area contributed by atoms with E-state index in [2.05, 4.69) is 37.3 Å². The molecular weight excluding hydrogens is 515 g/mol. The maximum atomic E-state index is 12.8. The fourth-order valence-electron chi connectivity index (χ4n) is 2.60. The number of ether oxygens (including phenoxy) is 1. The lowest BCUT2D eigenvalue weighted by Gasteiger charge is -2.15. The maximum Gasteiger partial charge on any atom is 0.282 e. The van der Waals surface area contributed by atoms with Crippen LogP contribution in [0.2, 0.25) is 5.02 Å². The van der Waals surface area contributed by atoms with Gasteiger partial charge in [-0.05, 0) is 81.1 Å². The summed E-state index contributed by atoms with van der Waals surface area (Å²) in [4.78, 5) is 25.2. The van der Waals surface area contributed by atoms with Crippen molar-refractivity contribution in [2.24, 2.45) is 0 Å². The molecule has 0 unspecified atom stereocenters. The summed E-state index contributed by atoms with van der Waals surface area (Å²) >= 11 is 12.8. The molecule has 0 spiro atoms. The monoisotopic (exact) mass is 528 g/mol. The Morgan fingerprint density at radius 1 is 1.25 bits per heavy atom. The number of nitrogens with one attached hydrogen (secondary N) is 1. The van der Waals surface area contributed by atoms with Gasteiger partial charge in [-0.25, -0.2) is 5.01 Å². The zero-order chi connectivity index (χ0) is 20.6. The van der Waals surface area contributed by atoms with Crippen molar-refractivity contribution in [3.8, 4) is 11.5 Å². The number of amides is 2. The molecule has 0 radical (unpaired) electrons. The Hall–Kier alpha value is -2.03. The van der Waals surface area contributed by atoms with Gasteiger partial charge in [0.1, 0.15) is 5.57 Å². The van der Waals surface area contributed by atoms with Crippen molar-refractivity contribution < 1.29 is 19.4 Å². The van der Waals surface area contributed by atoms with Gasteiger partial charge in [0.25, 0.3) is 11.8 Å². The maximum absolute atomic E-state index is 12.8. The lowest BCUT2D eigenvalue weighted by Crippen LogP contribution is -2.35. The Labute approximate surface area is 183 Å². The Bertz CT molecular complexity index is 1020. The highest BCUT2D eigenvalue weighted by Gasteiger charge is 2.35. The first-order valence-electron chi connectivity index (χ1n) is 8.21. The smallest absolute Gasteiger partial charge is 0.282 e. The average molecular weight is 531 g/mol. The van der Waals surface area contributed by atoms with Crippen molar-refractivity contribution in [3.05, 3.63) is 54.9 Å². The van der Waals surface area contributed by atoms with Crippen LogP contribution in [0.5, 0.6) is 11.5 Å². The van der Waals surface area contributed by atoms with E-state index in [4.69, 9.17) is 16.3 Å². The molecule has 28 heavy (non-hydrogen) atoms. The van der Waals surface area contributed by atoms with E-state index in [1.54, 1.807) is 31.2 Å². The summed E-state index contributed by atoms with van der Waals surface area (Å²) in [7, 11) is 0. The average Bonchev–Trinajstić information content (AvgIpc) is 2.94. The number of hydrogen-bond donors (Lipinski definition) is 2. The third-order valence-corrected chi connectivity index (χ3v) is 6.64. The predicted molar refractivity (Wildman–Crippen MR) is 114 cm³/mol. The summed E-state index contributed by atoms with van der Waals surface area (Å²) in [5.41, 5.74) is 4.29. The molecule has 2 N–H and O–H groups in total. The number of aromatic hydroxyl groups is 1. The van der Waals surface area contributed by atoms with Gasteiger partial charge in [0.05, 0.1) is 16.8 Å². The fourth-order valence-corrected chi connectivity index (χ4v) is 3.61. The standard InChI is InChI=1S/C19H15Br2ClN2O4/c1-3-28-14-7-10(15(20)16(21)17(14)25)6-12-18(26)23-24(19(12)27)11-5-4-9(2)13(22)8-11/h4-8,25H,3H2,1-2H3,(H,23,26)/b12-6-. The van der Waals surface area contributed by atoms with Crippen LogP contribution in [0.15, 0.2) is 38.8 Å². The minimum absolute atomic E-state index is 0.0579. The second kappa shape index (κ2) is 8.14. The number of phenols is 1. The third-order valence-electron chi connectivity index (χ3n) is 4.08. The number of benzene rings is 2. The molecule has 1 heterocycles. The van der Waals surface area contributed by atoms with E-state index in [0.29, 0.717) is 31.8 Å². The van der Waals surface area contributed by atoms with Crippen molar-refractivity contribution in [3.63, 3.8) is 0 Å². The highest BCUT2D eigenvalue weighted by atomic mass is 79.9. The van der Waals surface area contributed by atoms with E-state index >= 15 is 0 Å². The second-order valence-corrected chi connectivity index (χ2v) is 7.94. The lowest BCUT2D eigenvalue weighted by atomic mass is 10.1.